The Hall–Kier alpha value is -2.76. The number of rotatable bonds is 8. The first-order valence-corrected chi connectivity index (χ1v) is 8.66. The molecule has 2 rings (SSSR count). The highest BCUT2D eigenvalue weighted by Crippen LogP contribution is 2.17. The lowest BCUT2D eigenvalue weighted by Crippen LogP contribution is -2.24. The van der Waals surface area contributed by atoms with Gasteiger partial charge in [0.1, 0.15) is 11.5 Å². The molecule has 1 aromatic carbocycles. The van der Waals surface area contributed by atoms with E-state index < -0.39 is 0 Å². The summed E-state index contributed by atoms with van der Waals surface area (Å²) in [5.41, 5.74) is 5.82. The molecule has 1 N–H and O–H groups in total. The average molecular weight is 357 g/mol. The predicted octanol–water partition coefficient (Wildman–Crippen LogP) is 3.30. The van der Waals surface area contributed by atoms with Crippen molar-refractivity contribution in [1.29, 1.82) is 0 Å². The van der Waals surface area contributed by atoms with E-state index in [9.17, 15) is 4.79 Å². The molecule has 6 heteroatoms. The third kappa shape index (κ3) is 5.37. The first-order valence-electron chi connectivity index (χ1n) is 8.66. The molecule has 6 nitrogen and oxygen atoms in total. The van der Waals surface area contributed by atoms with E-state index in [0.29, 0.717) is 11.7 Å². The Morgan fingerprint density at radius 2 is 1.88 bits per heavy atom. The van der Waals surface area contributed by atoms with Crippen LogP contribution < -0.4 is 14.9 Å². The van der Waals surface area contributed by atoms with Crippen LogP contribution in [0.3, 0.4) is 0 Å². The van der Waals surface area contributed by atoms with E-state index in [1.807, 2.05) is 0 Å². The second kappa shape index (κ2) is 9.08. The number of carbonyl (C=O) groups is 1. The van der Waals surface area contributed by atoms with Crippen LogP contribution in [0.5, 0.6) is 11.5 Å². The van der Waals surface area contributed by atoms with E-state index in [4.69, 9.17) is 9.47 Å². The number of aromatic nitrogens is 1. The summed E-state index contributed by atoms with van der Waals surface area (Å²) in [4.78, 5) is 11.9. The van der Waals surface area contributed by atoms with Crippen molar-refractivity contribution in [3.63, 3.8) is 0 Å². The van der Waals surface area contributed by atoms with Gasteiger partial charge in [0.2, 0.25) is 0 Å². The van der Waals surface area contributed by atoms with Gasteiger partial charge in [-0.3, -0.25) is 4.79 Å². The van der Waals surface area contributed by atoms with E-state index in [-0.39, 0.29) is 12.5 Å². The van der Waals surface area contributed by atoms with Gasteiger partial charge in [-0.25, -0.2) is 5.43 Å². The molecule has 0 saturated heterocycles. The lowest BCUT2D eigenvalue weighted by Gasteiger charge is -2.11. The molecule has 2 aromatic rings. The third-order valence-corrected chi connectivity index (χ3v) is 3.98. The minimum absolute atomic E-state index is 0.101. The van der Waals surface area contributed by atoms with E-state index in [2.05, 4.69) is 48.9 Å². The maximum atomic E-state index is 11.9. The summed E-state index contributed by atoms with van der Waals surface area (Å²) in [6.45, 7) is 9.38. The fourth-order valence-corrected chi connectivity index (χ4v) is 2.63. The Bertz CT molecular complexity index is 761. The highest BCUT2D eigenvalue weighted by Gasteiger charge is 2.09. The van der Waals surface area contributed by atoms with Gasteiger partial charge in [0.25, 0.3) is 5.91 Å². The number of benzene rings is 1. The molecule has 0 atom stereocenters. The van der Waals surface area contributed by atoms with Crippen molar-refractivity contribution in [2.24, 2.45) is 11.0 Å². The summed E-state index contributed by atoms with van der Waals surface area (Å²) in [5.74, 6) is 1.59. The number of methoxy groups -OCH3 is 1. The van der Waals surface area contributed by atoms with Gasteiger partial charge in [0.15, 0.2) is 6.61 Å². The van der Waals surface area contributed by atoms with Crippen molar-refractivity contribution in [1.82, 2.24) is 9.99 Å². The number of amides is 1. The molecule has 0 saturated carbocycles. The molecule has 0 radical (unpaired) electrons. The summed E-state index contributed by atoms with van der Waals surface area (Å²) >= 11 is 0. The van der Waals surface area contributed by atoms with Crippen LogP contribution in [0.2, 0.25) is 0 Å². The molecule has 0 spiro atoms. The summed E-state index contributed by atoms with van der Waals surface area (Å²) in [5, 5.41) is 4.04. The van der Waals surface area contributed by atoms with Crippen LogP contribution in [0.15, 0.2) is 35.4 Å². The molecule has 0 aliphatic rings. The summed E-state index contributed by atoms with van der Waals surface area (Å²) in [6.07, 6.45) is 1.67. The maximum Gasteiger partial charge on any atom is 0.277 e. The van der Waals surface area contributed by atoms with Crippen molar-refractivity contribution >= 4 is 12.1 Å². The van der Waals surface area contributed by atoms with Crippen LogP contribution in [-0.2, 0) is 11.3 Å². The Kier molecular flexibility index (Phi) is 6.83. The first-order chi connectivity index (χ1) is 12.4. The van der Waals surface area contributed by atoms with Crippen molar-refractivity contribution in [3.8, 4) is 11.5 Å². The number of hydrogen-bond acceptors (Lipinski definition) is 4. The lowest BCUT2D eigenvalue weighted by molar-refractivity contribution is -0.123. The van der Waals surface area contributed by atoms with Crippen LogP contribution in [-0.4, -0.2) is 30.4 Å². The first kappa shape index (κ1) is 19.6. The van der Waals surface area contributed by atoms with Gasteiger partial charge >= 0.3 is 0 Å². The Morgan fingerprint density at radius 3 is 2.50 bits per heavy atom. The number of carbonyl (C=O) groups excluding carboxylic acids is 1. The molecule has 1 aromatic heterocycles. The number of hydrazone groups is 1. The van der Waals surface area contributed by atoms with Gasteiger partial charge in [-0.1, -0.05) is 13.8 Å². The fraction of sp³-hybridized carbons (Fsp3) is 0.400. The number of aryl methyl sites for hydroxylation is 1. The minimum Gasteiger partial charge on any atom is -0.497 e. The van der Waals surface area contributed by atoms with E-state index in [0.717, 1.165) is 23.6 Å². The van der Waals surface area contributed by atoms with Gasteiger partial charge in [0.05, 0.1) is 13.3 Å². The number of nitrogens with zero attached hydrogens (tertiary/aromatic N) is 2. The normalized spacial score (nSPS) is 11.2. The zero-order valence-electron chi connectivity index (χ0n) is 16.1. The smallest absolute Gasteiger partial charge is 0.277 e. The lowest BCUT2D eigenvalue weighted by atomic mass is 10.2. The van der Waals surface area contributed by atoms with Crippen molar-refractivity contribution in [3.05, 3.63) is 47.3 Å². The van der Waals surface area contributed by atoms with Gasteiger partial charge < -0.3 is 14.0 Å². The van der Waals surface area contributed by atoms with Gasteiger partial charge in [-0.2, -0.15) is 5.10 Å². The number of hydrogen-bond donors (Lipinski definition) is 1. The molecule has 0 unspecified atom stereocenters. The second-order valence-corrected chi connectivity index (χ2v) is 6.59. The van der Waals surface area contributed by atoms with Gasteiger partial charge in [-0.15, -0.1) is 0 Å². The maximum absolute atomic E-state index is 11.9. The molecular formula is C20H27N3O3. The van der Waals surface area contributed by atoms with E-state index >= 15 is 0 Å². The monoisotopic (exact) mass is 357 g/mol. The van der Waals surface area contributed by atoms with Crippen LogP contribution in [0, 0.1) is 19.8 Å². The zero-order valence-corrected chi connectivity index (χ0v) is 16.1. The van der Waals surface area contributed by atoms with Crippen molar-refractivity contribution in [2.75, 3.05) is 13.7 Å². The molecule has 0 bridgehead atoms. The molecule has 0 fully saturated rings. The summed E-state index contributed by atoms with van der Waals surface area (Å²) < 4.78 is 12.8. The van der Waals surface area contributed by atoms with Gasteiger partial charge in [-0.05, 0) is 50.1 Å². The van der Waals surface area contributed by atoms with Crippen molar-refractivity contribution < 1.29 is 14.3 Å². The van der Waals surface area contributed by atoms with Crippen molar-refractivity contribution in [2.45, 2.75) is 34.2 Å². The SMILES string of the molecule is COc1ccc(OCC(=O)N/N=C/c2cc(C)n(CC(C)C)c2C)cc1. The molecule has 1 amide bonds. The van der Waals surface area contributed by atoms with Crippen LogP contribution in [0.25, 0.3) is 0 Å². The quantitative estimate of drug-likeness (QED) is 0.582. The van der Waals surface area contributed by atoms with E-state index in [1.54, 1.807) is 37.6 Å². The minimum atomic E-state index is -0.312. The highest BCUT2D eigenvalue weighted by molar-refractivity contribution is 5.84. The molecule has 0 aliphatic carbocycles. The summed E-state index contributed by atoms with van der Waals surface area (Å²) in [6, 6.07) is 9.12. The van der Waals surface area contributed by atoms with Crippen LogP contribution in [0.4, 0.5) is 0 Å². The van der Waals surface area contributed by atoms with E-state index in [1.165, 1.54) is 5.69 Å². The second-order valence-electron chi connectivity index (χ2n) is 6.59. The summed E-state index contributed by atoms with van der Waals surface area (Å²) in [7, 11) is 1.60. The topological polar surface area (TPSA) is 64.8 Å². The fourth-order valence-electron chi connectivity index (χ4n) is 2.63. The predicted molar refractivity (Wildman–Crippen MR) is 103 cm³/mol. The Labute approximate surface area is 154 Å². The zero-order chi connectivity index (χ0) is 19.1. The largest absolute Gasteiger partial charge is 0.497 e. The van der Waals surface area contributed by atoms with Crippen LogP contribution in [0.1, 0.15) is 30.8 Å². The molecule has 140 valence electrons. The molecular weight excluding hydrogens is 330 g/mol. The Morgan fingerprint density at radius 1 is 1.23 bits per heavy atom. The number of ether oxygens (including phenoxy) is 2. The highest BCUT2D eigenvalue weighted by atomic mass is 16.5. The average Bonchev–Trinajstić information content (AvgIpc) is 2.87. The third-order valence-electron chi connectivity index (χ3n) is 3.98. The van der Waals surface area contributed by atoms with Gasteiger partial charge in [0, 0.05) is 23.5 Å². The number of nitrogens with one attached hydrogen (secondary N) is 1. The Balaban J connectivity index is 1.86. The molecule has 26 heavy (non-hydrogen) atoms. The molecule has 0 aliphatic heterocycles. The van der Waals surface area contributed by atoms with Crippen LogP contribution >= 0.6 is 0 Å². The standard InChI is InChI=1S/C20H27N3O3/c1-14(2)12-23-15(3)10-17(16(23)4)11-21-22-20(24)13-26-19-8-6-18(25-5)7-9-19/h6-11,14H,12-13H2,1-5H3,(H,22,24)/b21-11+. The molecule has 1 heterocycles.